The molecule has 0 unspecified atom stereocenters. The summed E-state index contributed by atoms with van der Waals surface area (Å²) in [5.41, 5.74) is 19.8. The Morgan fingerprint density at radius 1 is 0.575 bits per heavy atom. The molecule has 0 spiro atoms. The number of carbonyl (C=O) groups excluding carboxylic acids is 16. The van der Waals surface area contributed by atoms with E-state index in [2.05, 4.69) is 58.2 Å². The molecule has 0 aliphatic carbocycles. The topological polar surface area (TPSA) is 601 Å². The number of carbonyl (C=O) groups is 17. The second kappa shape index (κ2) is 47.6. The number of nitrogens with one attached hydrogen (secondary N) is 11. The predicted molar refractivity (Wildman–Crippen MR) is 468 cm³/mol. The zero-order valence-electron chi connectivity index (χ0n) is 72.4. The SMILES string of the molecule is CCCC[C@H]1C(=O)N(C)[C@@H](CCCC)C(=O)N[C@@H](CN)C(=O)N[C@H](C(=O)NCC(N)=O)CSCC(=O)N[C@@H](Cc2ccc(O)cc2)C(=O)N(C)[C@@H](C)C(=O)N[C@@H](CC(=O)O)C(=O)N2CCC[C@H]2C(=O)N[C@@H](CN)C(=O)N[C@@H](CC(C)C)C(=O)N2C[C@H](O)C[C@H]2C(=O)N[C@@H](Cc2c[nH]c3ccccc23)C(=O)N[C@@H](CO)C(=O)N[C@@H](Cc2csc3ccccc23)C(=O)N1C. The number of aromatic amines is 1. The van der Waals surface area contributed by atoms with E-state index in [1.54, 1.807) is 55.8 Å². The summed E-state index contributed by atoms with van der Waals surface area (Å²) in [6, 6.07) is -2.30. The van der Waals surface area contributed by atoms with Crippen LogP contribution in [0.2, 0.25) is 0 Å². The summed E-state index contributed by atoms with van der Waals surface area (Å²) < 4.78 is 0.815. The van der Waals surface area contributed by atoms with Gasteiger partial charge in [0.25, 0.3) is 0 Å². The minimum absolute atomic E-state index is 0.00715. The van der Waals surface area contributed by atoms with Gasteiger partial charge in [-0.1, -0.05) is 102 Å². The van der Waals surface area contributed by atoms with Crippen molar-refractivity contribution < 1.29 is 102 Å². The van der Waals surface area contributed by atoms with Gasteiger partial charge in [0.1, 0.15) is 90.3 Å². The number of hydrogen-bond donors (Lipinski definition) is 18. The summed E-state index contributed by atoms with van der Waals surface area (Å²) in [5.74, 6) is -18.4. The van der Waals surface area contributed by atoms with Crippen LogP contribution >= 0.6 is 23.1 Å². The molecule has 40 nitrogen and oxygen atoms in total. The van der Waals surface area contributed by atoms with Gasteiger partial charge in [-0.25, -0.2) is 0 Å². The van der Waals surface area contributed by atoms with Crippen LogP contribution in [0.3, 0.4) is 0 Å². The molecule has 2 aromatic heterocycles. The van der Waals surface area contributed by atoms with Crippen molar-refractivity contribution >= 4 is 145 Å². The largest absolute Gasteiger partial charge is 0.508 e. The van der Waals surface area contributed by atoms with E-state index in [-0.39, 0.29) is 76.0 Å². The third kappa shape index (κ3) is 27.3. The number of benzene rings is 3. The summed E-state index contributed by atoms with van der Waals surface area (Å²) in [6.45, 7) is 4.73. The van der Waals surface area contributed by atoms with E-state index in [1.165, 1.54) is 63.7 Å². The maximum absolute atomic E-state index is 15.6. The molecular formula is C85H119N19O21S2. The maximum Gasteiger partial charge on any atom is 0.305 e. The van der Waals surface area contributed by atoms with E-state index in [4.69, 9.17) is 17.2 Å². The van der Waals surface area contributed by atoms with Gasteiger partial charge >= 0.3 is 5.97 Å². The van der Waals surface area contributed by atoms with Gasteiger partial charge < -0.3 is 120 Å². The minimum Gasteiger partial charge on any atom is -0.508 e. The number of phenols is 1. The number of thioether (sulfide) groups is 1. The van der Waals surface area contributed by atoms with Crippen molar-refractivity contribution in [2.24, 2.45) is 23.1 Å². The smallest absolute Gasteiger partial charge is 0.305 e. The van der Waals surface area contributed by atoms with Crippen LogP contribution in [-0.4, -0.2) is 313 Å². The average molecular weight is 1810 g/mol. The Morgan fingerprint density at radius 2 is 1.12 bits per heavy atom. The first kappa shape index (κ1) is 101. The summed E-state index contributed by atoms with van der Waals surface area (Å²) in [6.07, 6.45) is -0.288. The number of H-pyrrole nitrogens is 1. The van der Waals surface area contributed by atoms with E-state index in [0.717, 1.165) is 41.0 Å². The lowest BCUT2D eigenvalue weighted by Crippen LogP contribution is -2.62. The normalized spacial score (nSPS) is 25.6. The first-order chi connectivity index (χ1) is 60.4. The molecule has 0 bridgehead atoms. The number of thiophene rings is 1. The number of carboxylic acid groups (broad SMARTS) is 1. The quantitative estimate of drug-likeness (QED) is 0.0330. The van der Waals surface area contributed by atoms with Gasteiger partial charge in [-0.3, -0.25) is 81.5 Å². The van der Waals surface area contributed by atoms with Gasteiger partial charge in [0.2, 0.25) is 94.5 Å². The van der Waals surface area contributed by atoms with Crippen LogP contribution in [0.4, 0.5) is 0 Å². The van der Waals surface area contributed by atoms with Crippen LogP contribution in [0.5, 0.6) is 5.75 Å². The highest BCUT2D eigenvalue weighted by Crippen LogP contribution is 2.30. The lowest BCUT2D eigenvalue weighted by Gasteiger charge is -2.36. The number of aromatic hydroxyl groups is 1. The fourth-order valence-corrected chi connectivity index (χ4v) is 17.3. The first-order valence-electron chi connectivity index (χ1n) is 42.4. The van der Waals surface area contributed by atoms with Gasteiger partial charge in [0.15, 0.2) is 0 Å². The van der Waals surface area contributed by atoms with Crippen molar-refractivity contribution in [2.75, 3.05) is 72.0 Å². The zero-order valence-corrected chi connectivity index (χ0v) is 74.0. The van der Waals surface area contributed by atoms with Crippen LogP contribution in [0.15, 0.2) is 84.4 Å². The van der Waals surface area contributed by atoms with Crippen molar-refractivity contribution in [1.29, 1.82) is 0 Å². The van der Waals surface area contributed by atoms with Gasteiger partial charge in [-0.15, -0.1) is 23.1 Å². The molecule has 3 aromatic carbocycles. The van der Waals surface area contributed by atoms with Crippen LogP contribution in [0.25, 0.3) is 21.0 Å². The number of rotatable bonds is 22. The molecule has 8 rings (SSSR count). The third-order valence-corrected chi connectivity index (χ3v) is 24.7. The molecule has 21 N–H and O–H groups in total. The molecule has 42 heteroatoms. The molecule has 692 valence electrons. The van der Waals surface area contributed by atoms with Crippen LogP contribution in [-0.2, 0) is 101 Å². The Morgan fingerprint density at radius 3 is 1.76 bits per heavy atom. The number of aliphatic carboxylic acids is 1. The molecular weight excluding hydrogens is 1690 g/mol. The average Bonchev–Trinajstić information content (AvgIpc) is 1.72. The molecule has 0 saturated carbocycles. The summed E-state index contributed by atoms with van der Waals surface area (Å²) >= 11 is 2.10. The fraction of sp³-hybridized carbons (Fsp3) is 0.541. The first-order valence-corrected chi connectivity index (χ1v) is 44.4. The number of aliphatic hydroxyl groups excluding tert-OH is 2. The summed E-state index contributed by atoms with van der Waals surface area (Å²) in [5, 5.41) is 71.6. The summed E-state index contributed by atoms with van der Waals surface area (Å²) in [7, 11) is 3.87. The lowest BCUT2D eigenvalue weighted by atomic mass is 10.00. The zero-order chi connectivity index (χ0) is 93.2. The van der Waals surface area contributed by atoms with E-state index in [0.29, 0.717) is 58.7 Å². The lowest BCUT2D eigenvalue weighted by molar-refractivity contribution is -0.149. The number of hydrogen-bond acceptors (Lipinski definition) is 24. The highest BCUT2D eigenvalue weighted by atomic mass is 32.2. The van der Waals surface area contributed by atoms with Crippen LogP contribution in [0, 0.1) is 5.92 Å². The molecule has 3 aliphatic rings. The molecule has 15 atom stereocenters. The maximum atomic E-state index is 15.6. The number of fused-ring (bicyclic) bond motifs is 4. The number of unbranched alkanes of at least 4 members (excludes halogenated alkanes) is 2. The van der Waals surface area contributed by atoms with Gasteiger partial charge in [0, 0.05) is 101 Å². The number of aliphatic hydroxyl groups is 2. The van der Waals surface area contributed by atoms with E-state index < -0.39 is 242 Å². The number of nitrogens with zero attached hydrogens (tertiary/aromatic N) is 5. The van der Waals surface area contributed by atoms with Gasteiger partial charge in [0.05, 0.1) is 31.4 Å². The number of primary amides is 1. The fourth-order valence-electron chi connectivity index (χ4n) is 15.5. The molecule has 3 aliphatic heterocycles. The second-order valence-electron chi connectivity index (χ2n) is 32.5. The Labute approximate surface area is 742 Å². The van der Waals surface area contributed by atoms with Crippen molar-refractivity contribution in [1.82, 2.24) is 82.7 Å². The van der Waals surface area contributed by atoms with Gasteiger partial charge in [-0.2, -0.15) is 0 Å². The van der Waals surface area contributed by atoms with Crippen LogP contribution < -0.4 is 70.4 Å². The molecule has 3 fully saturated rings. The van der Waals surface area contributed by atoms with E-state index >= 15 is 28.8 Å². The Kier molecular flexibility index (Phi) is 37.7. The second-order valence-corrected chi connectivity index (χ2v) is 34.5. The number of likely N-dealkylation sites (N-methyl/N-ethyl adjacent to an activating group) is 3. The number of phenolic OH excluding ortho intramolecular Hbond substituents is 1. The van der Waals surface area contributed by atoms with Gasteiger partial charge in [-0.05, 0) is 96.7 Å². The molecule has 0 radical (unpaired) electrons. The third-order valence-electron chi connectivity index (χ3n) is 22.7. The molecule has 5 aromatic rings. The Balaban J connectivity index is 1.16. The number of amides is 16. The standard InChI is InChI=1S/C85H119N19O21S2/c1-9-11-21-64-78(118)96-61(37-87)76(116)99-63(73(113)90-39-69(88)108)43-126-44-70(109)91-57(31-47-25-27-50(106)28-26-47)81(121)100(6)46(5)72(112)93-59(35-71(110)111)83(123)103-29-17-23-65(103)79(119)97-60(36-86)75(115)94-56(30-45(3)4)84(124)104-40-51(107)34-67(104)80(120)92-55(32-48-38-89-54-20-15-13-18-52(48)54)74(114)98-62(41-105)77(117)95-58(33-49-42-127-68-24-16-14-19-53(49)68)82(122)102(8)66(22-12-10-2)85(125)101(64)7/h13-16,18-20,24-28,38,42,45-46,51,55-67,89,105-107H,9-12,17,21-23,29-37,39-41,43-44,86-87H2,1-8H3,(H2,88,108)(H,90,113)(H,91,109)(H,92,120)(H,93,112)(H,94,115)(H,95,117)(H,96,118)(H,97,119)(H,98,114)(H,99,116)(H,110,111)/t46-,51+,55-,56-,57-,58-,59-,60-,61-,62-,63-,64-,65-,66-,67-/m0/s1. The number of aromatic nitrogens is 1. The number of para-hydroxylation sites is 1. The minimum atomic E-state index is -1.89. The van der Waals surface area contributed by atoms with E-state index in [1.807, 2.05) is 32.0 Å². The highest BCUT2D eigenvalue weighted by molar-refractivity contribution is 8.00. The van der Waals surface area contributed by atoms with Crippen molar-refractivity contribution in [3.63, 3.8) is 0 Å². The van der Waals surface area contributed by atoms with Crippen molar-refractivity contribution in [3.8, 4) is 5.75 Å². The van der Waals surface area contributed by atoms with Crippen LogP contribution in [0.1, 0.15) is 122 Å². The van der Waals surface area contributed by atoms with Crippen molar-refractivity contribution in [3.05, 3.63) is 101 Å². The molecule has 5 heterocycles. The van der Waals surface area contributed by atoms with E-state index in [9.17, 15) is 73.2 Å². The van der Waals surface area contributed by atoms with Crippen molar-refractivity contribution in [2.45, 2.75) is 215 Å². The Hall–Kier alpha value is -11.9. The molecule has 127 heavy (non-hydrogen) atoms. The highest BCUT2D eigenvalue weighted by Gasteiger charge is 2.47. The molecule has 16 amide bonds. The Bertz CT molecular complexity index is 4780. The number of nitrogens with two attached hydrogens (primary N) is 3. The predicted octanol–water partition coefficient (Wildman–Crippen LogP) is -2.91. The molecule has 3 saturated heterocycles. The monoisotopic (exact) mass is 1810 g/mol. The number of carboxylic acids is 1. The summed E-state index contributed by atoms with van der Waals surface area (Å²) in [4.78, 5) is 254.